The van der Waals surface area contributed by atoms with Gasteiger partial charge in [0.05, 0.1) is 15.7 Å². The Morgan fingerprint density at radius 2 is 1.76 bits per heavy atom. The number of benzene rings is 1. The Labute approximate surface area is 134 Å². The van der Waals surface area contributed by atoms with Crippen LogP contribution in [0.15, 0.2) is 42.7 Å². The van der Waals surface area contributed by atoms with Gasteiger partial charge < -0.3 is 0 Å². The third-order valence-electron chi connectivity index (χ3n) is 2.59. The molecule has 0 bridgehead atoms. The molecule has 0 unspecified atom stereocenters. The van der Waals surface area contributed by atoms with Gasteiger partial charge in [0.15, 0.2) is 5.01 Å². The highest BCUT2D eigenvalue weighted by Crippen LogP contribution is 2.31. The molecule has 0 radical (unpaired) electrons. The first-order valence-corrected chi connectivity index (χ1v) is 7.51. The van der Waals surface area contributed by atoms with Crippen molar-refractivity contribution < 1.29 is 0 Å². The first kappa shape index (κ1) is 14.1. The lowest BCUT2D eigenvalue weighted by Crippen LogP contribution is -2.09. The van der Waals surface area contributed by atoms with Gasteiger partial charge in [-0.3, -0.25) is 15.8 Å². The van der Waals surface area contributed by atoms with Gasteiger partial charge in [-0.25, -0.2) is 0 Å². The third-order valence-corrected chi connectivity index (χ3v) is 4.11. The van der Waals surface area contributed by atoms with Crippen LogP contribution in [0.1, 0.15) is 0 Å². The summed E-state index contributed by atoms with van der Waals surface area (Å²) in [4.78, 5) is 4.06. The zero-order chi connectivity index (χ0) is 14.7. The number of para-hydroxylation sites is 1. The lowest BCUT2D eigenvalue weighted by Gasteiger charge is -2.09. The van der Waals surface area contributed by atoms with E-state index in [4.69, 9.17) is 23.2 Å². The van der Waals surface area contributed by atoms with E-state index in [-0.39, 0.29) is 0 Å². The predicted octanol–water partition coefficient (Wildman–Crippen LogP) is 4.35. The maximum atomic E-state index is 6.07. The van der Waals surface area contributed by atoms with Gasteiger partial charge in [0.25, 0.3) is 0 Å². The highest BCUT2D eigenvalue weighted by atomic mass is 35.5. The van der Waals surface area contributed by atoms with Gasteiger partial charge in [0.2, 0.25) is 5.13 Å². The number of nitrogens with zero attached hydrogens (tertiary/aromatic N) is 3. The molecule has 2 aromatic heterocycles. The topological polar surface area (TPSA) is 62.7 Å². The van der Waals surface area contributed by atoms with Crippen LogP contribution < -0.4 is 10.9 Å². The summed E-state index contributed by atoms with van der Waals surface area (Å²) in [5.74, 6) is 0. The number of hydrogen-bond donors (Lipinski definition) is 2. The van der Waals surface area contributed by atoms with Gasteiger partial charge in [-0.05, 0) is 24.3 Å². The summed E-state index contributed by atoms with van der Waals surface area (Å²) in [5, 5.41) is 10.6. The summed E-state index contributed by atoms with van der Waals surface area (Å²) in [5.41, 5.74) is 7.39. The van der Waals surface area contributed by atoms with Crippen molar-refractivity contribution in [3.63, 3.8) is 0 Å². The number of rotatable bonds is 4. The molecule has 0 saturated carbocycles. The molecule has 0 aliphatic rings. The first-order valence-electron chi connectivity index (χ1n) is 5.94. The Morgan fingerprint density at radius 1 is 0.952 bits per heavy atom. The molecule has 8 heteroatoms. The minimum atomic E-state index is 0.520. The Kier molecular flexibility index (Phi) is 4.19. The fourth-order valence-corrected chi connectivity index (χ4v) is 2.79. The van der Waals surface area contributed by atoms with Crippen molar-refractivity contribution in [2.24, 2.45) is 0 Å². The zero-order valence-electron chi connectivity index (χ0n) is 10.5. The maximum absolute atomic E-state index is 6.07. The minimum absolute atomic E-state index is 0.520. The van der Waals surface area contributed by atoms with Crippen molar-refractivity contribution in [1.29, 1.82) is 0 Å². The Hall–Kier alpha value is -1.89. The van der Waals surface area contributed by atoms with Crippen LogP contribution in [0.2, 0.25) is 10.0 Å². The number of aromatic nitrogens is 3. The van der Waals surface area contributed by atoms with Crippen molar-refractivity contribution in [1.82, 2.24) is 15.2 Å². The van der Waals surface area contributed by atoms with E-state index >= 15 is 0 Å². The average molecular weight is 338 g/mol. The van der Waals surface area contributed by atoms with E-state index in [1.54, 1.807) is 30.6 Å². The van der Waals surface area contributed by atoms with Gasteiger partial charge in [0, 0.05) is 18.0 Å². The number of hydrogen-bond acceptors (Lipinski definition) is 6. The maximum Gasteiger partial charge on any atom is 0.224 e. The molecule has 0 amide bonds. The predicted molar refractivity (Wildman–Crippen MR) is 86.8 cm³/mol. The normalized spacial score (nSPS) is 10.4. The number of halogens is 2. The van der Waals surface area contributed by atoms with Gasteiger partial charge >= 0.3 is 0 Å². The van der Waals surface area contributed by atoms with E-state index in [1.165, 1.54) is 11.3 Å². The molecule has 0 atom stereocenters. The van der Waals surface area contributed by atoms with Crippen LogP contribution in [-0.4, -0.2) is 15.2 Å². The molecule has 106 valence electrons. The number of hydrazine groups is 1. The molecule has 21 heavy (non-hydrogen) atoms. The smallest absolute Gasteiger partial charge is 0.224 e. The van der Waals surface area contributed by atoms with Crippen molar-refractivity contribution >= 4 is 45.4 Å². The molecular weight excluding hydrogens is 329 g/mol. The Bertz CT molecular complexity index is 727. The monoisotopic (exact) mass is 337 g/mol. The molecular formula is C13H9Cl2N5S. The Balaban J connectivity index is 1.74. The molecule has 1 aromatic carbocycles. The average Bonchev–Trinajstić information content (AvgIpc) is 2.97. The summed E-state index contributed by atoms with van der Waals surface area (Å²) in [6, 6.07) is 9.06. The van der Waals surface area contributed by atoms with Crippen LogP contribution >= 0.6 is 34.5 Å². The molecule has 3 rings (SSSR count). The highest BCUT2D eigenvalue weighted by Gasteiger charge is 2.08. The fraction of sp³-hybridized carbons (Fsp3) is 0. The van der Waals surface area contributed by atoms with E-state index < -0.39 is 0 Å². The van der Waals surface area contributed by atoms with Gasteiger partial charge in [-0.15, -0.1) is 10.2 Å². The summed E-state index contributed by atoms with van der Waals surface area (Å²) in [6.07, 6.45) is 3.45. The standard InChI is InChI=1S/C13H9Cl2N5S/c14-9-4-1-5-10(15)11(9)17-19-13-20-18-12(21-13)8-3-2-6-16-7-8/h1-7,17H,(H,19,20). The summed E-state index contributed by atoms with van der Waals surface area (Å²) in [7, 11) is 0. The van der Waals surface area contributed by atoms with Crippen molar-refractivity contribution in [3.05, 3.63) is 52.8 Å². The van der Waals surface area contributed by atoms with E-state index in [0.717, 1.165) is 10.6 Å². The van der Waals surface area contributed by atoms with Gasteiger partial charge in [-0.2, -0.15) is 0 Å². The van der Waals surface area contributed by atoms with Gasteiger partial charge in [-0.1, -0.05) is 40.6 Å². The van der Waals surface area contributed by atoms with Gasteiger partial charge in [0.1, 0.15) is 0 Å². The molecule has 2 heterocycles. The second-order valence-corrected chi connectivity index (χ2v) is 5.79. The van der Waals surface area contributed by atoms with E-state index in [0.29, 0.717) is 20.9 Å². The number of pyridine rings is 1. The highest BCUT2D eigenvalue weighted by molar-refractivity contribution is 7.18. The van der Waals surface area contributed by atoms with Crippen LogP contribution in [0.3, 0.4) is 0 Å². The number of nitrogens with one attached hydrogen (secondary N) is 2. The van der Waals surface area contributed by atoms with E-state index in [1.807, 2.05) is 12.1 Å². The fourth-order valence-electron chi connectivity index (χ4n) is 1.61. The lowest BCUT2D eigenvalue weighted by molar-refractivity contribution is 1.09. The molecule has 0 fully saturated rings. The first-order chi connectivity index (χ1) is 10.2. The summed E-state index contributed by atoms with van der Waals surface area (Å²) >= 11 is 13.5. The molecule has 3 aromatic rings. The van der Waals surface area contributed by atoms with E-state index in [2.05, 4.69) is 26.0 Å². The molecule has 2 N–H and O–H groups in total. The molecule has 0 spiro atoms. The second kappa shape index (κ2) is 6.26. The van der Waals surface area contributed by atoms with Crippen LogP contribution in [0.25, 0.3) is 10.6 Å². The summed E-state index contributed by atoms with van der Waals surface area (Å²) in [6.45, 7) is 0. The number of anilines is 2. The molecule has 0 saturated heterocycles. The molecule has 0 aliphatic carbocycles. The van der Waals surface area contributed by atoms with Crippen molar-refractivity contribution in [3.8, 4) is 10.6 Å². The van der Waals surface area contributed by atoms with Crippen molar-refractivity contribution in [2.75, 3.05) is 10.9 Å². The largest absolute Gasteiger partial charge is 0.296 e. The van der Waals surface area contributed by atoms with E-state index in [9.17, 15) is 0 Å². The van der Waals surface area contributed by atoms with Crippen LogP contribution in [0.5, 0.6) is 0 Å². The zero-order valence-corrected chi connectivity index (χ0v) is 12.9. The summed E-state index contributed by atoms with van der Waals surface area (Å²) < 4.78 is 0. The lowest BCUT2D eigenvalue weighted by atomic mass is 10.3. The molecule has 0 aliphatic heterocycles. The van der Waals surface area contributed by atoms with Crippen molar-refractivity contribution in [2.45, 2.75) is 0 Å². The van der Waals surface area contributed by atoms with Crippen LogP contribution in [-0.2, 0) is 0 Å². The van der Waals surface area contributed by atoms with Crippen LogP contribution in [0.4, 0.5) is 10.8 Å². The second-order valence-electron chi connectivity index (χ2n) is 4.00. The quantitative estimate of drug-likeness (QED) is 0.693. The third kappa shape index (κ3) is 3.24. The Morgan fingerprint density at radius 3 is 2.48 bits per heavy atom. The minimum Gasteiger partial charge on any atom is -0.296 e. The van der Waals surface area contributed by atoms with Crippen LogP contribution in [0, 0.1) is 0 Å². The SMILES string of the molecule is Clc1cccc(Cl)c1NNc1nnc(-c2cccnc2)s1. The molecule has 5 nitrogen and oxygen atoms in total.